The first-order valence-corrected chi connectivity index (χ1v) is 6.95. The molecule has 0 bridgehead atoms. The first-order valence-electron chi connectivity index (χ1n) is 6.57. The van der Waals surface area contributed by atoms with Gasteiger partial charge >= 0.3 is 0 Å². The van der Waals surface area contributed by atoms with E-state index < -0.39 is 0 Å². The molecule has 1 aromatic carbocycles. The highest BCUT2D eigenvalue weighted by atomic mass is 35.5. The largest absolute Gasteiger partial charge is 0.486 e. The highest BCUT2D eigenvalue weighted by Crippen LogP contribution is 2.38. The number of imidazole rings is 1. The maximum absolute atomic E-state index is 12.1. The van der Waals surface area contributed by atoms with Crippen LogP contribution in [-0.2, 0) is 6.54 Å². The summed E-state index contributed by atoms with van der Waals surface area (Å²) in [5, 5.41) is 3.21. The number of nitrogens with one attached hydrogen (secondary N) is 1. The van der Waals surface area contributed by atoms with Gasteiger partial charge in [0.25, 0.3) is 5.91 Å². The molecule has 7 heteroatoms. The Kier molecular flexibility index (Phi) is 3.96. The molecule has 1 N–H and O–H groups in total. The van der Waals surface area contributed by atoms with Gasteiger partial charge in [0.2, 0.25) is 0 Å². The van der Waals surface area contributed by atoms with Gasteiger partial charge in [-0.2, -0.15) is 0 Å². The average Bonchev–Trinajstić information content (AvgIpc) is 3.00. The third-order valence-corrected chi connectivity index (χ3v) is 3.35. The van der Waals surface area contributed by atoms with Crippen LogP contribution in [0, 0.1) is 0 Å². The maximum atomic E-state index is 12.1. The molecule has 0 fully saturated rings. The van der Waals surface area contributed by atoms with E-state index in [1.807, 2.05) is 10.8 Å². The van der Waals surface area contributed by atoms with Crippen LogP contribution in [0.3, 0.4) is 0 Å². The molecule has 0 saturated carbocycles. The summed E-state index contributed by atoms with van der Waals surface area (Å²) in [6, 6.07) is 3.23. The van der Waals surface area contributed by atoms with Crippen molar-refractivity contribution in [2.24, 2.45) is 0 Å². The minimum atomic E-state index is -0.200. The molecule has 3 rings (SSSR count). The second-order valence-corrected chi connectivity index (χ2v) is 4.95. The number of fused-ring (bicyclic) bond motifs is 1. The number of carbonyl (C=O) groups is 1. The topological polar surface area (TPSA) is 65.4 Å². The molecule has 1 aliphatic heterocycles. The first-order chi connectivity index (χ1) is 10.2. The Bertz CT molecular complexity index is 643. The van der Waals surface area contributed by atoms with Gasteiger partial charge in [0.05, 0.1) is 11.3 Å². The Balaban J connectivity index is 1.65. The second-order valence-electron chi connectivity index (χ2n) is 4.54. The van der Waals surface area contributed by atoms with Gasteiger partial charge in [-0.05, 0) is 12.1 Å². The van der Waals surface area contributed by atoms with Crippen molar-refractivity contribution in [3.8, 4) is 11.5 Å². The van der Waals surface area contributed by atoms with E-state index in [4.69, 9.17) is 21.1 Å². The number of rotatable bonds is 4. The summed E-state index contributed by atoms with van der Waals surface area (Å²) in [4.78, 5) is 16.1. The van der Waals surface area contributed by atoms with E-state index in [2.05, 4.69) is 10.3 Å². The Morgan fingerprint density at radius 1 is 1.38 bits per heavy atom. The molecule has 110 valence electrons. The van der Waals surface area contributed by atoms with Gasteiger partial charge < -0.3 is 19.4 Å². The van der Waals surface area contributed by atoms with Crippen molar-refractivity contribution in [2.45, 2.75) is 6.54 Å². The zero-order valence-electron chi connectivity index (χ0n) is 11.2. The van der Waals surface area contributed by atoms with Crippen LogP contribution in [0.4, 0.5) is 0 Å². The minimum absolute atomic E-state index is 0.200. The average molecular weight is 308 g/mol. The molecule has 21 heavy (non-hydrogen) atoms. The normalized spacial score (nSPS) is 13.0. The van der Waals surface area contributed by atoms with Crippen molar-refractivity contribution in [3.05, 3.63) is 41.4 Å². The molecular formula is C14H14ClN3O3. The molecule has 1 aromatic heterocycles. The van der Waals surface area contributed by atoms with Crippen molar-refractivity contribution in [1.82, 2.24) is 14.9 Å². The lowest BCUT2D eigenvalue weighted by atomic mass is 10.2. The molecule has 1 aliphatic rings. The molecule has 1 amide bonds. The number of carbonyl (C=O) groups excluding carboxylic acids is 1. The molecule has 0 saturated heterocycles. The summed E-state index contributed by atoms with van der Waals surface area (Å²) in [6.07, 6.45) is 5.24. The summed E-state index contributed by atoms with van der Waals surface area (Å²) < 4.78 is 12.8. The molecule has 6 nitrogen and oxygen atoms in total. The van der Waals surface area contributed by atoms with Gasteiger partial charge in [-0.25, -0.2) is 4.98 Å². The van der Waals surface area contributed by atoms with Crippen LogP contribution in [-0.4, -0.2) is 35.2 Å². The Labute approximate surface area is 126 Å². The predicted molar refractivity (Wildman–Crippen MR) is 77.0 cm³/mol. The summed E-state index contributed by atoms with van der Waals surface area (Å²) in [5.41, 5.74) is 0.454. The van der Waals surface area contributed by atoms with Crippen LogP contribution in [0.2, 0.25) is 5.02 Å². The fraction of sp³-hybridized carbons (Fsp3) is 0.286. The van der Waals surface area contributed by atoms with E-state index >= 15 is 0 Å². The van der Waals surface area contributed by atoms with E-state index in [1.165, 1.54) is 0 Å². The summed E-state index contributed by atoms with van der Waals surface area (Å²) >= 11 is 6.11. The molecular weight excluding hydrogens is 294 g/mol. The smallest absolute Gasteiger partial charge is 0.251 e. The molecule has 0 atom stereocenters. The third kappa shape index (κ3) is 3.11. The van der Waals surface area contributed by atoms with E-state index in [1.54, 1.807) is 24.7 Å². The lowest BCUT2D eigenvalue weighted by Gasteiger charge is -2.20. The molecule has 0 unspecified atom stereocenters. The van der Waals surface area contributed by atoms with Crippen molar-refractivity contribution in [1.29, 1.82) is 0 Å². The van der Waals surface area contributed by atoms with Gasteiger partial charge in [0, 0.05) is 31.0 Å². The van der Waals surface area contributed by atoms with Crippen LogP contribution in [0.1, 0.15) is 10.4 Å². The Hall–Kier alpha value is -2.21. The zero-order chi connectivity index (χ0) is 14.7. The SMILES string of the molecule is O=C(NCCn1ccnc1)c1cc(Cl)c2c(c1)OCCO2. The number of halogens is 1. The standard InChI is InChI=1S/C14H14ClN3O3/c15-11-7-10(8-12-13(11)21-6-5-20-12)14(19)17-2-4-18-3-1-16-9-18/h1,3,7-9H,2,4-6H2,(H,17,19). The van der Waals surface area contributed by atoms with Gasteiger partial charge in [0.15, 0.2) is 11.5 Å². The van der Waals surface area contributed by atoms with Crippen molar-refractivity contribution < 1.29 is 14.3 Å². The number of hydrogen-bond acceptors (Lipinski definition) is 4. The van der Waals surface area contributed by atoms with Crippen LogP contribution in [0.5, 0.6) is 11.5 Å². The molecule has 2 aromatic rings. The van der Waals surface area contributed by atoms with Gasteiger partial charge in [0.1, 0.15) is 13.2 Å². The number of amides is 1. The van der Waals surface area contributed by atoms with Crippen LogP contribution in [0.25, 0.3) is 0 Å². The zero-order valence-corrected chi connectivity index (χ0v) is 12.0. The fourth-order valence-corrected chi connectivity index (χ4v) is 2.33. The summed E-state index contributed by atoms with van der Waals surface area (Å²) in [6.45, 7) is 2.07. The van der Waals surface area contributed by atoms with Crippen LogP contribution >= 0.6 is 11.6 Å². The second kappa shape index (κ2) is 6.05. The number of benzene rings is 1. The molecule has 0 spiro atoms. The minimum Gasteiger partial charge on any atom is -0.486 e. The molecule has 0 radical (unpaired) electrons. The number of aromatic nitrogens is 2. The fourth-order valence-electron chi connectivity index (χ4n) is 2.06. The number of ether oxygens (including phenoxy) is 2. The Morgan fingerprint density at radius 3 is 3.05 bits per heavy atom. The molecule has 2 heterocycles. The number of hydrogen-bond donors (Lipinski definition) is 1. The lowest BCUT2D eigenvalue weighted by molar-refractivity contribution is 0.0951. The first kappa shape index (κ1) is 13.8. The summed E-state index contributed by atoms with van der Waals surface area (Å²) in [7, 11) is 0. The van der Waals surface area contributed by atoms with E-state index in [0.29, 0.717) is 48.4 Å². The Morgan fingerprint density at radius 2 is 2.24 bits per heavy atom. The highest BCUT2D eigenvalue weighted by molar-refractivity contribution is 6.32. The van der Waals surface area contributed by atoms with Crippen LogP contribution in [0.15, 0.2) is 30.9 Å². The predicted octanol–water partition coefficient (Wildman–Crippen LogP) is 1.74. The van der Waals surface area contributed by atoms with Crippen molar-refractivity contribution >= 4 is 17.5 Å². The van der Waals surface area contributed by atoms with Crippen molar-refractivity contribution in [2.75, 3.05) is 19.8 Å². The monoisotopic (exact) mass is 307 g/mol. The van der Waals surface area contributed by atoms with Gasteiger partial charge in [-0.1, -0.05) is 11.6 Å². The quantitative estimate of drug-likeness (QED) is 0.934. The van der Waals surface area contributed by atoms with Crippen molar-refractivity contribution in [3.63, 3.8) is 0 Å². The van der Waals surface area contributed by atoms with E-state index in [-0.39, 0.29) is 5.91 Å². The number of nitrogens with zero attached hydrogens (tertiary/aromatic N) is 2. The maximum Gasteiger partial charge on any atom is 0.251 e. The van der Waals surface area contributed by atoms with E-state index in [9.17, 15) is 4.79 Å². The van der Waals surface area contributed by atoms with E-state index in [0.717, 1.165) is 0 Å². The lowest BCUT2D eigenvalue weighted by Crippen LogP contribution is -2.27. The van der Waals surface area contributed by atoms with Gasteiger partial charge in [-0.3, -0.25) is 4.79 Å². The highest BCUT2D eigenvalue weighted by Gasteiger charge is 2.19. The van der Waals surface area contributed by atoms with Crippen LogP contribution < -0.4 is 14.8 Å². The third-order valence-electron chi connectivity index (χ3n) is 3.07. The summed E-state index contributed by atoms with van der Waals surface area (Å²) in [5.74, 6) is 0.806. The van der Waals surface area contributed by atoms with Gasteiger partial charge in [-0.15, -0.1) is 0 Å². The molecule has 0 aliphatic carbocycles.